The molecular formula is C13H19NO3. The van der Waals surface area contributed by atoms with Crippen LogP contribution in [0.3, 0.4) is 0 Å². The fourth-order valence-corrected chi connectivity index (χ4v) is 2.15. The van der Waals surface area contributed by atoms with Crippen LogP contribution < -0.4 is 5.32 Å². The molecule has 0 aromatic rings. The van der Waals surface area contributed by atoms with Crippen LogP contribution in [0, 0.1) is 5.41 Å². The van der Waals surface area contributed by atoms with Gasteiger partial charge < -0.3 is 14.8 Å². The van der Waals surface area contributed by atoms with Crippen LogP contribution in [-0.4, -0.2) is 25.0 Å². The molecule has 4 nitrogen and oxygen atoms in total. The number of carbonyl (C=O) groups excluding carboxylic acids is 2. The molecule has 94 valence electrons. The molecule has 17 heavy (non-hydrogen) atoms. The molecule has 2 aliphatic carbocycles. The fourth-order valence-electron chi connectivity index (χ4n) is 2.15. The van der Waals surface area contributed by atoms with Gasteiger partial charge in [0.05, 0.1) is 6.61 Å². The summed E-state index contributed by atoms with van der Waals surface area (Å²) in [6.45, 7) is 0.342. The molecule has 0 aromatic heterocycles. The van der Waals surface area contributed by atoms with Crippen molar-refractivity contribution in [3.8, 4) is 0 Å². The molecule has 1 N–H and O–H groups in total. The minimum Gasteiger partial charge on any atom is -0.449 e. The first kappa shape index (κ1) is 12.1. The van der Waals surface area contributed by atoms with Crippen LogP contribution in [0.5, 0.6) is 0 Å². The number of amides is 1. The summed E-state index contributed by atoms with van der Waals surface area (Å²) in [5.41, 5.74) is -0.169. The highest BCUT2D eigenvalue weighted by Crippen LogP contribution is 2.35. The van der Waals surface area contributed by atoms with Crippen LogP contribution in [0.4, 0.5) is 4.79 Å². The van der Waals surface area contributed by atoms with Crippen molar-refractivity contribution in [2.45, 2.75) is 44.6 Å². The number of ether oxygens (including phenoxy) is 1. The van der Waals surface area contributed by atoms with E-state index in [1.807, 2.05) is 0 Å². The molecule has 4 heteroatoms. The van der Waals surface area contributed by atoms with E-state index < -0.39 is 0 Å². The van der Waals surface area contributed by atoms with Crippen molar-refractivity contribution >= 4 is 12.4 Å². The second-order valence-electron chi connectivity index (χ2n) is 5.08. The molecule has 1 atom stereocenters. The molecule has 0 radical (unpaired) electrons. The third kappa shape index (κ3) is 3.58. The highest BCUT2D eigenvalue weighted by Gasteiger charge is 2.32. The zero-order valence-electron chi connectivity index (χ0n) is 9.98. The van der Waals surface area contributed by atoms with Gasteiger partial charge in [0, 0.05) is 17.9 Å². The first-order valence-corrected chi connectivity index (χ1v) is 6.26. The molecule has 1 amide bonds. The minimum atomic E-state index is -0.340. The first-order chi connectivity index (χ1) is 8.24. The molecule has 1 saturated carbocycles. The molecule has 0 aromatic carbocycles. The third-order valence-electron chi connectivity index (χ3n) is 3.48. The first-order valence-electron chi connectivity index (χ1n) is 6.26. The maximum absolute atomic E-state index is 11.4. The van der Waals surface area contributed by atoms with Crippen LogP contribution in [0.1, 0.15) is 38.5 Å². The Balaban J connectivity index is 1.81. The van der Waals surface area contributed by atoms with Gasteiger partial charge in [-0.1, -0.05) is 12.2 Å². The number of nitrogens with one attached hydrogen (secondary N) is 1. The van der Waals surface area contributed by atoms with E-state index in [0.717, 1.165) is 38.4 Å². The van der Waals surface area contributed by atoms with Crippen LogP contribution in [0.15, 0.2) is 12.2 Å². The molecule has 0 saturated heterocycles. The van der Waals surface area contributed by atoms with Crippen molar-refractivity contribution in [1.29, 1.82) is 0 Å². The summed E-state index contributed by atoms with van der Waals surface area (Å²) in [6, 6.07) is 0.316. The zero-order chi connectivity index (χ0) is 12.1. The highest BCUT2D eigenvalue weighted by molar-refractivity contribution is 5.68. The van der Waals surface area contributed by atoms with E-state index in [1.54, 1.807) is 0 Å². The standard InChI is InChI=1S/C13H19NO3/c15-9-8-13(6-2-1-3-7-13)10-17-12(16)14-11-4-5-11/h1-2,9,11H,3-8,10H2,(H,14,16). The topological polar surface area (TPSA) is 55.4 Å². The fraction of sp³-hybridized carbons (Fsp3) is 0.692. The zero-order valence-corrected chi connectivity index (χ0v) is 9.98. The lowest BCUT2D eigenvalue weighted by Gasteiger charge is -2.32. The number of allylic oxidation sites excluding steroid dienone is 2. The van der Waals surface area contributed by atoms with E-state index in [9.17, 15) is 9.59 Å². The SMILES string of the molecule is O=CCC1(COC(=O)NC2CC2)CC=CCC1. The number of aldehydes is 1. The third-order valence-corrected chi connectivity index (χ3v) is 3.48. The van der Waals surface area contributed by atoms with Crippen molar-refractivity contribution in [3.63, 3.8) is 0 Å². The molecule has 0 aliphatic heterocycles. The number of hydrogen-bond acceptors (Lipinski definition) is 3. The monoisotopic (exact) mass is 237 g/mol. The summed E-state index contributed by atoms with van der Waals surface area (Å²) in [4.78, 5) is 22.2. The normalized spacial score (nSPS) is 27.5. The summed E-state index contributed by atoms with van der Waals surface area (Å²) in [7, 11) is 0. The Morgan fingerprint density at radius 1 is 1.47 bits per heavy atom. The summed E-state index contributed by atoms with van der Waals surface area (Å²) in [6.07, 6.45) is 10.1. The summed E-state index contributed by atoms with van der Waals surface area (Å²) < 4.78 is 5.25. The van der Waals surface area contributed by atoms with Crippen LogP contribution in [0.25, 0.3) is 0 Å². The van der Waals surface area contributed by atoms with E-state index >= 15 is 0 Å². The van der Waals surface area contributed by atoms with Gasteiger partial charge in [0.25, 0.3) is 0 Å². The smallest absolute Gasteiger partial charge is 0.407 e. The van der Waals surface area contributed by atoms with Gasteiger partial charge in [-0.25, -0.2) is 4.79 Å². The highest BCUT2D eigenvalue weighted by atomic mass is 16.5. The molecule has 0 spiro atoms. The van der Waals surface area contributed by atoms with Crippen LogP contribution in [0.2, 0.25) is 0 Å². The molecule has 0 heterocycles. The van der Waals surface area contributed by atoms with E-state index in [1.165, 1.54) is 0 Å². The molecule has 2 rings (SSSR count). The average Bonchev–Trinajstić information content (AvgIpc) is 3.12. The van der Waals surface area contributed by atoms with Crippen molar-refractivity contribution in [3.05, 3.63) is 12.2 Å². The summed E-state index contributed by atoms with van der Waals surface area (Å²) >= 11 is 0. The Hall–Kier alpha value is -1.32. The molecular weight excluding hydrogens is 218 g/mol. The van der Waals surface area contributed by atoms with E-state index in [2.05, 4.69) is 17.5 Å². The van der Waals surface area contributed by atoms with Gasteiger partial charge in [0.1, 0.15) is 6.29 Å². The molecule has 0 bridgehead atoms. The van der Waals surface area contributed by atoms with Crippen molar-refractivity contribution in [1.82, 2.24) is 5.32 Å². The van der Waals surface area contributed by atoms with Gasteiger partial charge in [0.15, 0.2) is 0 Å². The van der Waals surface area contributed by atoms with Gasteiger partial charge >= 0.3 is 6.09 Å². The lowest BCUT2D eigenvalue weighted by atomic mass is 9.75. The maximum Gasteiger partial charge on any atom is 0.407 e. The Morgan fingerprint density at radius 2 is 2.29 bits per heavy atom. The van der Waals surface area contributed by atoms with Crippen molar-refractivity contribution in [2.75, 3.05) is 6.61 Å². The van der Waals surface area contributed by atoms with Gasteiger partial charge in [-0.2, -0.15) is 0 Å². The summed E-state index contributed by atoms with van der Waals surface area (Å²) in [5, 5.41) is 2.79. The Kier molecular flexibility index (Phi) is 3.82. The Labute approximate surface area is 101 Å². The predicted octanol–water partition coefficient (Wildman–Crippen LogP) is 2.19. The van der Waals surface area contributed by atoms with Gasteiger partial charge in [-0.15, -0.1) is 0 Å². The molecule has 1 unspecified atom stereocenters. The largest absolute Gasteiger partial charge is 0.449 e. The second kappa shape index (κ2) is 5.34. The maximum atomic E-state index is 11.4. The number of carbonyl (C=O) groups is 2. The number of alkyl carbamates (subject to hydrolysis) is 1. The number of rotatable bonds is 5. The summed E-state index contributed by atoms with van der Waals surface area (Å²) in [5.74, 6) is 0. The van der Waals surface area contributed by atoms with Gasteiger partial charge in [0.2, 0.25) is 0 Å². The van der Waals surface area contributed by atoms with Crippen molar-refractivity contribution in [2.24, 2.45) is 5.41 Å². The van der Waals surface area contributed by atoms with Crippen molar-refractivity contribution < 1.29 is 14.3 Å². The van der Waals surface area contributed by atoms with E-state index in [-0.39, 0.29) is 11.5 Å². The van der Waals surface area contributed by atoms with Crippen LogP contribution in [-0.2, 0) is 9.53 Å². The van der Waals surface area contributed by atoms with E-state index in [0.29, 0.717) is 19.1 Å². The van der Waals surface area contributed by atoms with Gasteiger partial charge in [-0.05, 0) is 32.1 Å². The quantitative estimate of drug-likeness (QED) is 0.589. The minimum absolute atomic E-state index is 0.169. The molecule has 2 aliphatic rings. The Bertz CT molecular complexity index is 323. The van der Waals surface area contributed by atoms with E-state index in [4.69, 9.17) is 4.74 Å². The Morgan fingerprint density at radius 3 is 2.88 bits per heavy atom. The lowest BCUT2D eigenvalue weighted by molar-refractivity contribution is -0.110. The van der Waals surface area contributed by atoms with Gasteiger partial charge in [-0.3, -0.25) is 0 Å². The second-order valence-corrected chi connectivity index (χ2v) is 5.08. The lowest BCUT2D eigenvalue weighted by Crippen LogP contribution is -2.34. The average molecular weight is 237 g/mol. The molecule has 1 fully saturated rings. The van der Waals surface area contributed by atoms with Crippen LogP contribution >= 0.6 is 0 Å². The number of hydrogen-bond donors (Lipinski definition) is 1. The predicted molar refractivity (Wildman–Crippen MR) is 63.6 cm³/mol.